The fraction of sp³-hybridized carbons (Fsp3) is 0.538. The molecule has 0 aromatic carbocycles. The van der Waals surface area contributed by atoms with Crippen LogP contribution in [0.4, 0.5) is 0 Å². The highest BCUT2D eigenvalue weighted by molar-refractivity contribution is 7.99. The molecule has 5 rings (SSSR count). The van der Waals surface area contributed by atoms with Crippen molar-refractivity contribution in [2.24, 2.45) is 0 Å². The maximum Gasteiger partial charge on any atom is 0.273 e. The van der Waals surface area contributed by atoms with E-state index >= 15 is 0 Å². The van der Waals surface area contributed by atoms with Gasteiger partial charge in [0.2, 0.25) is 0 Å². The molecule has 192 valence electrons. The molecule has 3 fully saturated rings. The largest absolute Gasteiger partial charge is 0.350 e. The Balaban J connectivity index is 1.15. The zero-order valence-corrected chi connectivity index (χ0v) is 22.0. The van der Waals surface area contributed by atoms with Gasteiger partial charge in [0, 0.05) is 62.3 Å². The average Bonchev–Trinajstić information content (AvgIpc) is 3.43. The third-order valence-corrected chi connectivity index (χ3v) is 9.05. The van der Waals surface area contributed by atoms with Crippen LogP contribution in [-0.2, 0) is 9.47 Å². The van der Waals surface area contributed by atoms with Gasteiger partial charge in [-0.1, -0.05) is 6.08 Å². The van der Waals surface area contributed by atoms with Crippen molar-refractivity contribution >= 4 is 34.9 Å². The van der Waals surface area contributed by atoms with E-state index < -0.39 is 5.79 Å². The normalized spacial score (nSPS) is 20.4. The van der Waals surface area contributed by atoms with Gasteiger partial charge >= 0.3 is 0 Å². The number of carbonyl (C=O) groups excluding carboxylic acids is 2. The first-order valence-electron chi connectivity index (χ1n) is 12.6. The van der Waals surface area contributed by atoms with Crippen LogP contribution in [-0.4, -0.2) is 82.5 Å². The fourth-order valence-electron chi connectivity index (χ4n) is 5.00. The predicted octanol–water partition coefficient (Wildman–Crippen LogP) is 4.21. The number of thioether (sulfide) groups is 1. The van der Waals surface area contributed by atoms with E-state index in [4.69, 9.17) is 14.5 Å². The van der Waals surface area contributed by atoms with Crippen molar-refractivity contribution in [2.45, 2.75) is 48.8 Å². The van der Waals surface area contributed by atoms with Gasteiger partial charge in [0.05, 0.1) is 23.8 Å². The van der Waals surface area contributed by atoms with E-state index in [9.17, 15) is 9.59 Å². The van der Waals surface area contributed by atoms with Gasteiger partial charge in [0.1, 0.15) is 10.7 Å². The van der Waals surface area contributed by atoms with Gasteiger partial charge in [-0.3, -0.25) is 9.59 Å². The maximum absolute atomic E-state index is 13.2. The Morgan fingerprint density at radius 1 is 1.14 bits per heavy atom. The van der Waals surface area contributed by atoms with E-state index in [1.54, 1.807) is 17.5 Å². The molecule has 2 aromatic rings. The highest BCUT2D eigenvalue weighted by Gasteiger charge is 2.40. The summed E-state index contributed by atoms with van der Waals surface area (Å²) < 4.78 is 11.8. The highest BCUT2D eigenvalue weighted by Crippen LogP contribution is 2.34. The summed E-state index contributed by atoms with van der Waals surface area (Å²) in [6, 6.07) is 3.66. The van der Waals surface area contributed by atoms with Crippen LogP contribution in [0, 0.1) is 0 Å². The van der Waals surface area contributed by atoms with E-state index in [0.717, 1.165) is 42.5 Å². The predicted molar refractivity (Wildman–Crippen MR) is 140 cm³/mol. The Kier molecular flexibility index (Phi) is 8.05. The molecule has 0 saturated carbocycles. The number of aromatic nitrogens is 2. The van der Waals surface area contributed by atoms with Crippen LogP contribution < -0.4 is 0 Å². The molecule has 0 atom stereocenters. The van der Waals surface area contributed by atoms with Crippen molar-refractivity contribution in [3.05, 3.63) is 52.6 Å². The lowest BCUT2D eigenvalue weighted by Crippen LogP contribution is -2.51. The number of thiazole rings is 1. The summed E-state index contributed by atoms with van der Waals surface area (Å²) in [4.78, 5) is 39.2. The van der Waals surface area contributed by atoms with E-state index in [1.165, 1.54) is 11.8 Å². The molecule has 8 nitrogen and oxygen atoms in total. The number of rotatable bonds is 6. The average molecular weight is 529 g/mol. The SMILES string of the molecule is C=CCSc1ncccc1C(=O)N1CCC(c2nc(C(=O)N3CCC4(CC3)OCCCO4)cs2)CC1. The number of likely N-dealkylation sites (tertiary alicyclic amines) is 2. The molecule has 0 aliphatic carbocycles. The Morgan fingerprint density at radius 2 is 1.86 bits per heavy atom. The number of pyridine rings is 1. The monoisotopic (exact) mass is 528 g/mol. The molecule has 10 heteroatoms. The molecule has 1 spiro atoms. The van der Waals surface area contributed by atoms with Crippen molar-refractivity contribution in [3.63, 3.8) is 0 Å². The molecule has 0 bridgehead atoms. The van der Waals surface area contributed by atoms with Crippen molar-refractivity contribution in [1.82, 2.24) is 19.8 Å². The summed E-state index contributed by atoms with van der Waals surface area (Å²) >= 11 is 3.08. The third kappa shape index (κ3) is 5.51. The summed E-state index contributed by atoms with van der Waals surface area (Å²) in [6.45, 7) is 7.78. The van der Waals surface area contributed by atoms with Gasteiger partial charge in [-0.25, -0.2) is 9.97 Å². The van der Waals surface area contributed by atoms with Crippen LogP contribution in [0.5, 0.6) is 0 Å². The van der Waals surface area contributed by atoms with E-state index in [-0.39, 0.29) is 17.7 Å². The van der Waals surface area contributed by atoms with Crippen molar-refractivity contribution in [1.29, 1.82) is 0 Å². The van der Waals surface area contributed by atoms with Crippen LogP contribution in [0.2, 0.25) is 0 Å². The van der Waals surface area contributed by atoms with Crippen molar-refractivity contribution in [3.8, 4) is 0 Å². The zero-order chi connectivity index (χ0) is 25.0. The lowest BCUT2D eigenvalue weighted by molar-refractivity contribution is -0.281. The lowest BCUT2D eigenvalue weighted by atomic mass is 9.97. The van der Waals surface area contributed by atoms with Crippen LogP contribution in [0.1, 0.15) is 63.9 Å². The smallest absolute Gasteiger partial charge is 0.273 e. The van der Waals surface area contributed by atoms with Gasteiger partial charge < -0.3 is 19.3 Å². The summed E-state index contributed by atoms with van der Waals surface area (Å²) in [5, 5.41) is 3.62. The van der Waals surface area contributed by atoms with Gasteiger partial charge in [-0.15, -0.1) is 29.7 Å². The van der Waals surface area contributed by atoms with E-state index in [2.05, 4.69) is 11.6 Å². The van der Waals surface area contributed by atoms with Gasteiger partial charge in [0.15, 0.2) is 5.79 Å². The van der Waals surface area contributed by atoms with Crippen LogP contribution in [0.15, 0.2) is 41.4 Å². The number of carbonyl (C=O) groups is 2. The fourth-order valence-corrected chi connectivity index (χ4v) is 6.68. The van der Waals surface area contributed by atoms with Gasteiger partial charge in [-0.05, 0) is 31.4 Å². The number of ether oxygens (including phenoxy) is 2. The summed E-state index contributed by atoms with van der Waals surface area (Å²) in [6.07, 6.45) is 7.54. The van der Waals surface area contributed by atoms with E-state index in [1.807, 2.05) is 33.4 Å². The lowest BCUT2D eigenvalue weighted by Gasteiger charge is -2.43. The molecule has 5 heterocycles. The number of piperidine rings is 2. The summed E-state index contributed by atoms with van der Waals surface area (Å²) in [5.74, 6) is 0.477. The second-order valence-corrected chi connectivity index (χ2v) is 11.2. The molecule has 3 saturated heterocycles. The van der Waals surface area contributed by atoms with Crippen LogP contribution in [0.25, 0.3) is 0 Å². The van der Waals surface area contributed by atoms with Gasteiger partial charge in [-0.2, -0.15) is 0 Å². The Morgan fingerprint density at radius 3 is 2.58 bits per heavy atom. The molecule has 3 aliphatic rings. The number of hydrogen-bond acceptors (Lipinski definition) is 8. The second kappa shape index (κ2) is 11.4. The molecule has 2 aromatic heterocycles. The van der Waals surface area contributed by atoms with E-state index in [0.29, 0.717) is 56.0 Å². The number of nitrogens with zero attached hydrogens (tertiary/aromatic N) is 4. The molecule has 0 N–H and O–H groups in total. The minimum atomic E-state index is -0.505. The van der Waals surface area contributed by atoms with Crippen molar-refractivity contribution < 1.29 is 19.1 Å². The van der Waals surface area contributed by atoms with Crippen LogP contribution in [0.3, 0.4) is 0 Å². The third-order valence-electron chi connectivity index (χ3n) is 7.04. The first-order valence-corrected chi connectivity index (χ1v) is 14.5. The topological polar surface area (TPSA) is 84.9 Å². The Hall–Kier alpha value is -2.27. The minimum Gasteiger partial charge on any atom is -0.350 e. The first kappa shape index (κ1) is 25.4. The molecule has 0 unspecified atom stereocenters. The Bertz CT molecular complexity index is 1080. The van der Waals surface area contributed by atoms with Crippen molar-refractivity contribution in [2.75, 3.05) is 45.1 Å². The molecular formula is C26H32N4O4S2. The molecule has 3 aliphatic heterocycles. The van der Waals surface area contributed by atoms with Crippen LogP contribution >= 0.6 is 23.1 Å². The molecule has 0 radical (unpaired) electrons. The summed E-state index contributed by atoms with van der Waals surface area (Å²) in [5.41, 5.74) is 1.17. The quantitative estimate of drug-likeness (QED) is 0.410. The molecular weight excluding hydrogens is 496 g/mol. The minimum absolute atomic E-state index is 0.0168. The molecule has 36 heavy (non-hydrogen) atoms. The highest BCUT2D eigenvalue weighted by atomic mass is 32.2. The van der Waals surface area contributed by atoms with Gasteiger partial charge in [0.25, 0.3) is 11.8 Å². The molecule has 2 amide bonds. The number of amides is 2. The standard InChI is InChI=1S/C26H32N4O4S2/c1-2-17-35-23-20(5-3-10-27-23)24(31)29-11-6-19(7-12-29)22-28-21(18-36-22)25(32)30-13-8-26(9-14-30)33-15-4-16-34-26/h2-3,5,10,18-19H,1,4,6-9,11-17H2. The first-order chi connectivity index (χ1) is 17.6. The summed E-state index contributed by atoms with van der Waals surface area (Å²) in [7, 11) is 0. The second-order valence-electron chi connectivity index (χ2n) is 9.35. The maximum atomic E-state index is 13.2. The number of hydrogen-bond donors (Lipinski definition) is 0. The Labute approximate surface area is 220 Å². The zero-order valence-electron chi connectivity index (χ0n) is 20.4.